The molecule has 19 heavy (non-hydrogen) atoms. The van der Waals surface area contributed by atoms with Crippen LogP contribution in [0.5, 0.6) is 0 Å². The third-order valence-corrected chi connectivity index (χ3v) is 2.56. The smallest absolute Gasteiger partial charge is 0.320 e. The van der Waals surface area contributed by atoms with Crippen molar-refractivity contribution >= 4 is 5.97 Å². The minimum Gasteiger partial charge on any atom is -0.465 e. The molecule has 0 aliphatic rings. The summed E-state index contributed by atoms with van der Waals surface area (Å²) in [7, 11) is 0. The van der Waals surface area contributed by atoms with Gasteiger partial charge in [0.05, 0.1) is 19.7 Å². The molecule has 0 aliphatic carbocycles. The van der Waals surface area contributed by atoms with E-state index in [1.165, 1.54) is 0 Å². The molecule has 0 unspecified atom stereocenters. The molecule has 6 nitrogen and oxygen atoms in total. The second-order valence-electron chi connectivity index (χ2n) is 4.72. The number of rotatable bonds is 8. The molecule has 0 saturated carbocycles. The van der Waals surface area contributed by atoms with Crippen LogP contribution in [0.2, 0.25) is 0 Å². The molecule has 0 saturated heterocycles. The first-order valence-electron chi connectivity index (χ1n) is 6.77. The summed E-state index contributed by atoms with van der Waals surface area (Å²) in [6.45, 7) is 9.80. The predicted molar refractivity (Wildman–Crippen MR) is 70.6 cm³/mol. The number of carbonyl (C=O) groups is 1. The molecule has 108 valence electrons. The SMILES string of the molecule is CCCN(CC(=O)OCC)Cc1nc(C(C)C)no1. The van der Waals surface area contributed by atoms with Crippen molar-refractivity contribution in [1.29, 1.82) is 0 Å². The van der Waals surface area contributed by atoms with E-state index < -0.39 is 0 Å². The van der Waals surface area contributed by atoms with Crippen LogP contribution in [-0.4, -0.2) is 40.7 Å². The number of hydrogen-bond donors (Lipinski definition) is 0. The molecule has 0 aliphatic heterocycles. The van der Waals surface area contributed by atoms with Gasteiger partial charge in [0.25, 0.3) is 0 Å². The standard InChI is InChI=1S/C13H23N3O3/c1-5-7-16(9-12(17)18-6-2)8-11-14-13(10(3)4)15-19-11/h10H,5-9H2,1-4H3. The molecule has 1 aromatic rings. The van der Waals surface area contributed by atoms with E-state index in [0.29, 0.717) is 24.9 Å². The van der Waals surface area contributed by atoms with E-state index in [-0.39, 0.29) is 18.4 Å². The average Bonchev–Trinajstić information content (AvgIpc) is 2.78. The fourth-order valence-corrected chi connectivity index (χ4v) is 1.68. The Morgan fingerprint density at radius 2 is 2.16 bits per heavy atom. The lowest BCUT2D eigenvalue weighted by atomic mass is 10.2. The largest absolute Gasteiger partial charge is 0.465 e. The predicted octanol–water partition coefficient (Wildman–Crippen LogP) is 1.97. The lowest BCUT2D eigenvalue weighted by Crippen LogP contribution is -2.31. The molecular formula is C13H23N3O3. The zero-order chi connectivity index (χ0) is 14.3. The van der Waals surface area contributed by atoms with Gasteiger partial charge in [-0.3, -0.25) is 9.69 Å². The summed E-state index contributed by atoms with van der Waals surface area (Å²) in [6, 6.07) is 0. The van der Waals surface area contributed by atoms with Gasteiger partial charge in [-0.2, -0.15) is 4.98 Å². The maximum Gasteiger partial charge on any atom is 0.320 e. The number of nitrogens with zero attached hydrogens (tertiary/aromatic N) is 3. The van der Waals surface area contributed by atoms with Gasteiger partial charge in [0.2, 0.25) is 5.89 Å². The van der Waals surface area contributed by atoms with Gasteiger partial charge in [0.1, 0.15) is 0 Å². The van der Waals surface area contributed by atoms with Crippen LogP contribution in [0.3, 0.4) is 0 Å². The summed E-state index contributed by atoms with van der Waals surface area (Å²) in [4.78, 5) is 17.8. The third-order valence-electron chi connectivity index (χ3n) is 2.56. The van der Waals surface area contributed by atoms with Crippen LogP contribution in [0.15, 0.2) is 4.52 Å². The molecule has 0 bridgehead atoms. The summed E-state index contributed by atoms with van der Waals surface area (Å²) < 4.78 is 10.1. The molecule has 1 heterocycles. The highest BCUT2D eigenvalue weighted by Gasteiger charge is 2.16. The van der Waals surface area contributed by atoms with E-state index in [1.807, 2.05) is 18.7 Å². The Bertz CT molecular complexity index is 390. The number of aromatic nitrogens is 2. The monoisotopic (exact) mass is 269 g/mol. The first-order chi connectivity index (χ1) is 9.06. The third kappa shape index (κ3) is 5.38. The minimum absolute atomic E-state index is 0.223. The van der Waals surface area contributed by atoms with Crippen LogP contribution < -0.4 is 0 Å². The molecule has 0 fully saturated rings. The van der Waals surface area contributed by atoms with E-state index in [1.54, 1.807) is 6.92 Å². The van der Waals surface area contributed by atoms with Crippen LogP contribution >= 0.6 is 0 Å². The van der Waals surface area contributed by atoms with Crippen molar-refractivity contribution in [3.8, 4) is 0 Å². The van der Waals surface area contributed by atoms with Crippen LogP contribution in [-0.2, 0) is 16.1 Å². The number of carbonyl (C=O) groups excluding carboxylic acids is 1. The van der Waals surface area contributed by atoms with Crippen molar-refractivity contribution in [1.82, 2.24) is 15.0 Å². The Morgan fingerprint density at radius 3 is 2.68 bits per heavy atom. The molecular weight excluding hydrogens is 246 g/mol. The molecule has 0 atom stereocenters. The van der Waals surface area contributed by atoms with E-state index in [9.17, 15) is 4.79 Å². The number of ether oxygens (including phenoxy) is 1. The van der Waals surface area contributed by atoms with Gasteiger partial charge >= 0.3 is 5.97 Å². The zero-order valence-corrected chi connectivity index (χ0v) is 12.2. The van der Waals surface area contributed by atoms with Gasteiger partial charge in [-0.05, 0) is 19.9 Å². The summed E-state index contributed by atoms with van der Waals surface area (Å²) in [5.74, 6) is 1.26. The maximum absolute atomic E-state index is 11.5. The highest BCUT2D eigenvalue weighted by Crippen LogP contribution is 2.11. The van der Waals surface area contributed by atoms with Crippen LogP contribution in [0, 0.1) is 0 Å². The normalized spacial score (nSPS) is 11.3. The Morgan fingerprint density at radius 1 is 1.42 bits per heavy atom. The van der Waals surface area contributed by atoms with E-state index in [4.69, 9.17) is 9.26 Å². The topological polar surface area (TPSA) is 68.5 Å². The summed E-state index contributed by atoms with van der Waals surface area (Å²) >= 11 is 0. The molecule has 6 heteroatoms. The van der Waals surface area contributed by atoms with Gasteiger partial charge in [-0.25, -0.2) is 0 Å². The Hall–Kier alpha value is -1.43. The first-order valence-corrected chi connectivity index (χ1v) is 6.77. The van der Waals surface area contributed by atoms with Crippen LogP contribution in [0.25, 0.3) is 0 Å². The van der Waals surface area contributed by atoms with Crippen molar-refractivity contribution in [2.24, 2.45) is 0 Å². The number of hydrogen-bond acceptors (Lipinski definition) is 6. The molecule has 0 N–H and O–H groups in total. The quantitative estimate of drug-likeness (QED) is 0.672. The fraction of sp³-hybridized carbons (Fsp3) is 0.769. The highest BCUT2D eigenvalue weighted by atomic mass is 16.5. The van der Waals surface area contributed by atoms with Gasteiger partial charge in [-0.15, -0.1) is 0 Å². The lowest BCUT2D eigenvalue weighted by molar-refractivity contribution is -0.144. The van der Waals surface area contributed by atoms with Crippen molar-refractivity contribution in [2.45, 2.75) is 46.6 Å². The van der Waals surface area contributed by atoms with Gasteiger partial charge in [0.15, 0.2) is 5.82 Å². The Balaban J connectivity index is 2.58. The summed E-state index contributed by atoms with van der Waals surface area (Å²) in [6.07, 6.45) is 0.949. The van der Waals surface area contributed by atoms with E-state index in [0.717, 1.165) is 13.0 Å². The molecule has 0 spiro atoms. The lowest BCUT2D eigenvalue weighted by Gasteiger charge is -2.18. The van der Waals surface area contributed by atoms with Crippen molar-refractivity contribution in [2.75, 3.05) is 19.7 Å². The van der Waals surface area contributed by atoms with Crippen LogP contribution in [0.4, 0.5) is 0 Å². The molecule has 0 amide bonds. The highest BCUT2D eigenvalue weighted by molar-refractivity contribution is 5.71. The van der Waals surface area contributed by atoms with Gasteiger partial charge < -0.3 is 9.26 Å². The molecule has 1 rings (SSSR count). The van der Waals surface area contributed by atoms with Crippen LogP contribution in [0.1, 0.15) is 51.7 Å². The van der Waals surface area contributed by atoms with Gasteiger partial charge in [0, 0.05) is 5.92 Å². The number of esters is 1. The maximum atomic E-state index is 11.5. The van der Waals surface area contributed by atoms with E-state index in [2.05, 4.69) is 17.1 Å². The molecule has 1 aromatic heterocycles. The average molecular weight is 269 g/mol. The minimum atomic E-state index is -0.223. The van der Waals surface area contributed by atoms with Crippen molar-refractivity contribution < 1.29 is 14.1 Å². The van der Waals surface area contributed by atoms with Gasteiger partial charge in [-0.1, -0.05) is 25.9 Å². The van der Waals surface area contributed by atoms with E-state index >= 15 is 0 Å². The second-order valence-corrected chi connectivity index (χ2v) is 4.72. The second kappa shape index (κ2) is 7.89. The molecule has 0 radical (unpaired) electrons. The Kier molecular flexibility index (Phi) is 6.49. The summed E-state index contributed by atoms with van der Waals surface area (Å²) in [5.41, 5.74) is 0. The fourth-order valence-electron chi connectivity index (χ4n) is 1.68. The zero-order valence-electron chi connectivity index (χ0n) is 12.2. The van der Waals surface area contributed by atoms with Crippen molar-refractivity contribution in [3.63, 3.8) is 0 Å². The molecule has 0 aromatic carbocycles. The first kappa shape index (κ1) is 15.6. The van der Waals surface area contributed by atoms with Crippen molar-refractivity contribution in [3.05, 3.63) is 11.7 Å². The summed E-state index contributed by atoms with van der Waals surface area (Å²) in [5, 5.41) is 3.92. The Labute approximate surface area is 114 Å².